The van der Waals surface area contributed by atoms with E-state index in [1.54, 1.807) is 0 Å². The largest absolute Gasteiger partial charge is 0.618 e. The van der Waals surface area contributed by atoms with E-state index in [-0.39, 0.29) is 29.0 Å². The molecule has 2 N–H and O–H groups in total. The number of nitrogens with zero attached hydrogens (tertiary/aromatic N) is 3. The highest BCUT2D eigenvalue weighted by Crippen LogP contribution is 2.80. The van der Waals surface area contributed by atoms with E-state index in [1.807, 2.05) is 0 Å². The minimum Gasteiger partial charge on any atom is -0.618 e. The van der Waals surface area contributed by atoms with E-state index < -0.39 is 67.8 Å². The van der Waals surface area contributed by atoms with Gasteiger partial charge in [0.15, 0.2) is 6.20 Å². The molecule has 2 aromatic heterocycles. The normalized spacial score (nSPS) is 24.0. The number of rotatable bonds is 6. The first kappa shape index (κ1) is 23.0. The number of nitrogens with one attached hydrogen (secondary N) is 2. The predicted molar refractivity (Wildman–Crippen MR) is 108 cm³/mol. The molecule has 0 bridgehead atoms. The molecule has 3 aliphatic carbocycles. The van der Waals surface area contributed by atoms with E-state index in [0.717, 1.165) is 29.3 Å². The van der Waals surface area contributed by atoms with Crippen LogP contribution < -0.4 is 10.0 Å². The molecule has 184 valence electrons. The molecule has 1 spiro atoms. The van der Waals surface area contributed by atoms with Crippen LogP contribution >= 0.6 is 0 Å². The minimum absolute atomic E-state index is 0.159. The first-order valence-corrected chi connectivity index (χ1v) is 12.5. The van der Waals surface area contributed by atoms with Gasteiger partial charge in [-0.3, -0.25) is 9.48 Å². The number of carbonyl (C=O) groups is 1. The highest BCUT2D eigenvalue weighted by molar-refractivity contribution is 7.91. The summed E-state index contributed by atoms with van der Waals surface area (Å²) in [4.78, 5) is 13.1. The van der Waals surface area contributed by atoms with Gasteiger partial charge in [-0.25, -0.2) is 17.8 Å². The number of pyridine rings is 1. The van der Waals surface area contributed by atoms with Gasteiger partial charge in [0.2, 0.25) is 0 Å². The summed E-state index contributed by atoms with van der Waals surface area (Å²) >= 11 is 0. The summed E-state index contributed by atoms with van der Waals surface area (Å²) in [7, 11) is -3.50. The summed E-state index contributed by atoms with van der Waals surface area (Å²) in [5, 5.41) is 17.5. The van der Waals surface area contributed by atoms with Gasteiger partial charge in [-0.05, 0) is 25.7 Å². The highest BCUT2D eigenvalue weighted by atomic mass is 32.2. The Balaban J connectivity index is 1.55. The van der Waals surface area contributed by atoms with Crippen LogP contribution in [0.2, 0.25) is 0 Å². The van der Waals surface area contributed by atoms with Gasteiger partial charge in [0.1, 0.15) is 21.0 Å². The maximum Gasteiger partial charge on any atom is 0.420 e. The molecule has 5 rings (SSSR count). The molecule has 2 aromatic rings. The fourth-order valence-electron chi connectivity index (χ4n) is 4.65. The molecule has 14 heteroatoms. The van der Waals surface area contributed by atoms with Crippen LogP contribution in [-0.2, 0) is 22.5 Å². The summed E-state index contributed by atoms with van der Waals surface area (Å²) in [6, 6.07) is 2.01. The molecule has 3 fully saturated rings. The highest BCUT2D eigenvalue weighted by Gasteiger charge is 2.86. The van der Waals surface area contributed by atoms with Crippen LogP contribution in [0.5, 0.6) is 0 Å². The van der Waals surface area contributed by atoms with Gasteiger partial charge in [0.25, 0.3) is 16.9 Å². The zero-order chi connectivity index (χ0) is 24.8. The van der Waals surface area contributed by atoms with E-state index in [2.05, 4.69) is 10.4 Å². The van der Waals surface area contributed by atoms with E-state index in [4.69, 9.17) is 4.78 Å². The molecule has 2 unspecified atom stereocenters. The van der Waals surface area contributed by atoms with Gasteiger partial charge in [-0.1, -0.05) is 0 Å². The van der Waals surface area contributed by atoms with Crippen molar-refractivity contribution < 1.29 is 35.7 Å². The smallest absolute Gasteiger partial charge is 0.420 e. The standard InChI is InChI=1S/C20H20F5N5O3S/c1-34(26,33)13-8-11(4-7-30(13)32)27-17(31)16-14(20(23,24)25)15(10-2-3-10)28-29(16)9-12-18(5-6-18)19(12,21)22/h4,7-8,10,12,26H,2-3,5-6,9H2,1H3,(H,27,31). The summed E-state index contributed by atoms with van der Waals surface area (Å²) in [5.41, 5.74) is -3.85. The number of alkyl halides is 5. The van der Waals surface area contributed by atoms with Crippen molar-refractivity contribution in [2.75, 3.05) is 11.6 Å². The van der Waals surface area contributed by atoms with Gasteiger partial charge in [-0.15, -0.1) is 0 Å². The average molecular weight is 505 g/mol. The molecule has 3 aliphatic rings. The predicted octanol–water partition coefficient (Wildman–Crippen LogP) is 3.75. The fourth-order valence-corrected chi connectivity index (χ4v) is 5.41. The Morgan fingerprint density at radius 3 is 2.53 bits per heavy atom. The van der Waals surface area contributed by atoms with Crippen LogP contribution in [0, 0.1) is 21.3 Å². The molecular formula is C20H20F5N5O3S. The van der Waals surface area contributed by atoms with Crippen LogP contribution in [0.25, 0.3) is 0 Å². The van der Waals surface area contributed by atoms with E-state index in [1.165, 1.54) is 0 Å². The second-order valence-corrected chi connectivity index (χ2v) is 11.4. The van der Waals surface area contributed by atoms with E-state index in [9.17, 15) is 36.2 Å². The summed E-state index contributed by atoms with van der Waals surface area (Å²) in [6.07, 6.45) is -1.66. The van der Waals surface area contributed by atoms with Crippen molar-refractivity contribution in [3.05, 3.63) is 40.5 Å². The molecule has 0 saturated heterocycles. The zero-order valence-corrected chi connectivity index (χ0v) is 18.6. The number of amides is 1. The lowest BCUT2D eigenvalue weighted by Gasteiger charge is -2.13. The molecule has 0 radical (unpaired) electrons. The van der Waals surface area contributed by atoms with Crippen molar-refractivity contribution in [2.24, 2.45) is 11.3 Å². The lowest BCUT2D eigenvalue weighted by atomic mass is 10.1. The Hall–Kier alpha value is -2.77. The lowest BCUT2D eigenvalue weighted by molar-refractivity contribution is -0.646. The Labute approximate surface area is 190 Å². The van der Waals surface area contributed by atoms with Crippen LogP contribution in [0.4, 0.5) is 27.6 Å². The van der Waals surface area contributed by atoms with Crippen molar-refractivity contribution in [2.45, 2.75) is 55.3 Å². The van der Waals surface area contributed by atoms with Gasteiger partial charge < -0.3 is 10.5 Å². The van der Waals surface area contributed by atoms with E-state index in [0.29, 0.717) is 12.8 Å². The van der Waals surface area contributed by atoms with Crippen molar-refractivity contribution in [1.29, 1.82) is 4.78 Å². The van der Waals surface area contributed by atoms with Crippen molar-refractivity contribution in [3.8, 4) is 0 Å². The SMILES string of the molecule is CS(=N)(=O)c1cc(NC(=O)c2c(C(F)(F)F)c(C3CC3)nn2CC2C(F)(F)C23CC3)cc[n+]1[O-]. The Morgan fingerprint density at radius 2 is 2.03 bits per heavy atom. The van der Waals surface area contributed by atoms with Crippen molar-refractivity contribution in [1.82, 2.24) is 9.78 Å². The third-order valence-corrected chi connectivity index (χ3v) is 7.91. The number of carbonyl (C=O) groups excluding carboxylic acids is 1. The lowest BCUT2D eigenvalue weighted by Crippen LogP contribution is -2.33. The molecule has 8 nitrogen and oxygen atoms in total. The number of hydrogen-bond acceptors (Lipinski definition) is 5. The summed E-state index contributed by atoms with van der Waals surface area (Å²) in [5.74, 6) is -5.97. The van der Waals surface area contributed by atoms with Crippen LogP contribution in [0.15, 0.2) is 23.4 Å². The van der Waals surface area contributed by atoms with Crippen LogP contribution in [0.1, 0.15) is 53.3 Å². The van der Waals surface area contributed by atoms with Gasteiger partial charge in [0.05, 0.1) is 23.8 Å². The molecule has 2 heterocycles. The fraction of sp³-hybridized carbons (Fsp3) is 0.550. The molecule has 0 aromatic carbocycles. The zero-order valence-electron chi connectivity index (χ0n) is 17.8. The average Bonchev–Trinajstić information content (AvgIpc) is 3.63. The maximum atomic E-state index is 14.3. The van der Waals surface area contributed by atoms with Gasteiger partial charge >= 0.3 is 6.18 Å². The Bertz CT molecular complexity index is 1310. The molecule has 0 aliphatic heterocycles. The van der Waals surface area contributed by atoms with Gasteiger partial charge in [0, 0.05) is 29.7 Å². The summed E-state index contributed by atoms with van der Waals surface area (Å²) < 4.78 is 91.2. The minimum atomic E-state index is -4.95. The van der Waals surface area contributed by atoms with Crippen LogP contribution in [0.3, 0.4) is 0 Å². The first-order valence-electron chi connectivity index (χ1n) is 10.5. The van der Waals surface area contributed by atoms with Crippen LogP contribution in [-0.4, -0.2) is 32.1 Å². The second kappa shape index (κ2) is 6.89. The number of anilines is 1. The third-order valence-electron chi connectivity index (χ3n) is 6.81. The summed E-state index contributed by atoms with van der Waals surface area (Å²) in [6.45, 7) is -0.526. The molecule has 3 saturated carbocycles. The number of aromatic nitrogens is 3. The van der Waals surface area contributed by atoms with Crippen molar-refractivity contribution >= 4 is 21.3 Å². The topological polar surface area (TPSA) is 115 Å². The number of halogens is 5. The Morgan fingerprint density at radius 1 is 1.38 bits per heavy atom. The second-order valence-electron chi connectivity index (χ2n) is 9.27. The molecule has 1 amide bonds. The van der Waals surface area contributed by atoms with Gasteiger partial charge in [-0.2, -0.15) is 23.0 Å². The monoisotopic (exact) mass is 505 g/mol. The molecular weight excluding hydrogens is 485 g/mol. The molecule has 2 atom stereocenters. The number of hydrogen-bond donors (Lipinski definition) is 2. The first-order chi connectivity index (χ1) is 15.7. The third kappa shape index (κ3) is 3.53. The maximum absolute atomic E-state index is 14.3. The molecule has 34 heavy (non-hydrogen) atoms. The Kier molecular flexibility index (Phi) is 4.66. The van der Waals surface area contributed by atoms with Crippen molar-refractivity contribution in [3.63, 3.8) is 0 Å². The van der Waals surface area contributed by atoms with E-state index >= 15 is 0 Å². The quantitative estimate of drug-likeness (QED) is 0.354.